The lowest BCUT2D eigenvalue weighted by Crippen LogP contribution is -2.34. The minimum Gasteiger partial charge on any atom is -0.245 e. The summed E-state index contributed by atoms with van der Waals surface area (Å²) >= 11 is 0. The molecule has 94 valence electrons. The Hall–Kier alpha value is -0.920. The lowest BCUT2D eigenvalue weighted by atomic mass is 9.63. The number of hydrogen-bond donors (Lipinski definition) is 0. The average molecular weight is 232 g/mol. The zero-order chi connectivity index (χ0) is 12.6. The van der Waals surface area contributed by atoms with E-state index in [2.05, 4.69) is 44.6 Å². The van der Waals surface area contributed by atoms with Crippen LogP contribution in [0.5, 0.6) is 0 Å². The van der Waals surface area contributed by atoms with Crippen LogP contribution in [0.2, 0.25) is 0 Å². The second-order valence-corrected chi connectivity index (χ2v) is 6.71. The largest absolute Gasteiger partial charge is 0.245 e. The highest BCUT2D eigenvalue weighted by atomic mass is 14.8. The molecule has 0 amide bonds. The fraction of sp³-hybridized carbons (Fsp3) is 0.733. The van der Waals surface area contributed by atoms with Crippen LogP contribution in [0.4, 0.5) is 0 Å². The van der Waals surface area contributed by atoms with Gasteiger partial charge in [0.2, 0.25) is 0 Å². The van der Waals surface area contributed by atoms with Crippen LogP contribution in [0.25, 0.3) is 0 Å². The molecule has 1 aromatic rings. The van der Waals surface area contributed by atoms with Crippen molar-refractivity contribution in [2.24, 2.45) is 17.3 Å². The van der Waals surface area contributed by atoms with Gasteiger partial charge in [0.25, 0.3) is 0 Å². The Balaban J connectivity index is 2.43. The molecule has 0 aliphatic heterocycles. The average Bonchev–Trinajstić information content (AvgIpc) is 2.26. The molecule has 2 atom stereocenters. The molecule has 0 bridgehead atoms. The van der Waals surface area contributed by atoms with Crippen LogP contribution in [0.15, 0.2) is 12.5 Å². The minimum absolute atomic E-state index is 0.359. The van der Waals surface area contributed by atoms with Crippen molar-refractivity contribution in [3.8, 4) is 0 Å². The Morgan fingerprint density at radius 2 is 2.00 bits per heavy atom. The summed E-state index contributed by atoms with van der Waals surface area (Å²) in [7, 11) is 0. The van der Waals surface area contributed by atoms with Gasteiger partial charge in [0.1, 0.15) is 6.33 Å². The highest BCUT2D eigenvalue weighted by Gasteiger charge is 2.39. The normalized spacial score (nSPS) is 24.8. The highest BCUT2D eigenvalue weighted by Crippen LogP contribution is 2.47. The number of aromatic nitrogens is 2. The predicted molar refractivity (Wildman–Crippen MR) is 70.9 cm³/mol. The van der Waals surface area contributed by atoms with Gasteiger partial charge in [-0.15, -0.1) is 0 Å². The van der Waals surface area contributed by atoms with Crippen molar-refractivity contribution in [3.05, 3.63) is 23.8 Å². The Kier molecular flexibility index (Phi) is 3.24. The van der Waals surface area contributed by atoms with Crippen LogP contribution in [0.3, 0.4) is 0 Å². The van der Waals surface area contributed by atoms with Crippen molar-refractivity contribution in [2.75, 3.05) is 0 Å². The third kappa shape index (κ3) is 2.36. The highest BCUT2D eigenvalue weighted by molar-refractivity contribution is 5.25. The van der Waals surface area contributed by atoms with E-state index in [-0.39, 0.29) is 0 Å². The van der Waals surface area contributed by atoms with Gasteiger partial charge >= 0.3 is 0 Å². The molecule has 17 heavy (non-hydrogen) atoms. The number of rotatable bonds is 1. The number of fused-ring (bicyclic) bond motifs is 1. The van der Waals surface area contributed by atoms with Crippen molar-refractivity contribution < 1.29 is 0 Å². The minimum atomic E-state index is 0.359. The first-order valence-corrected chi connectivity index (χ1v) is 6.70. The van der Waals surface area contributed by atoms with Crippen LogP contribution in [0.1, 0.15) is 58.2 Å². The summed E-state index contributed by atoms with van der Waals surface area (Å²) < 4.78 is 0. The molecule has 0 spiro atoms. The van der Waals surface area contributed by atoms with E-state index in [1.165, 1.54) is 17.7 Å². The van der Waals surface area contributed by atoms with Crippen LogP contribution < -0.4 is 0 Å². The molecule has 1 aromatic heterocycles. The van der Waals surface area contributed by atoms with Gasteiger partial charge in [-0.1, -0.05) is 34.6 Å². The summed E-state index contributed by atoms with van der Waals surface area (Å²) in [5.74, 6) is 1.96. The van der Waals surface area contributed by atoms with Gasteiger partial charge in [-0.2, -0.15) is 0 Å². The fourth-order valence-electron chi connectivity index (χ4n) is 3.29. The molecule has 2 nitrogen and oxygen atoms in total. The molecule has 2 unspecified atom stereocenters. The molecule has 0 saturated heterocycles. The maximum atomic E-state index is 4.57. The Labute approximate surface area is 105 Å². The molecule has 2 rings (SSSR count). The van der Waals surface area contributed by atoms with E-state index in [1.54, 1.807) is 6.33 Å². The first-order chi connectivity index (χ1) is 7.91. The monoisotopic (exact) mass is 232 g/mol. The predicted octanol–water partition coefficient (Wildman–Crippen LogP) is 3.82. The molecule has 1 heterocycles. The van der Waals surface area contributed by atoms with Gasteiger partial charge in [-0.05, 0) is 35.7 Å². The fourth-order valence-corrected chi connectivity index (χ4v) is 3.29. The second-order valence-electron chi connectivity index (χ2n) is 6.71. The van der Waals surface area contributed by atoms with E-state index in [1.807, 2.05) is 6.20 Å². The van der Waals surface area contributed by atoms with Gasteiger partial charge in [0.05, 0.1) is 5.69 Å². The van der Waals surface area contributed by atoms with E-state index < -0.39 is 0 Å². The van der Waals surface area contributed by atoms with Crippen molar-refractivity contribution in [3.63, 3.8) is 0 Å². The molecule has 0 aromatic carbocycles. The van der Waals surface area contributed by atoms with Crippen molar-refractivity contribution in [1.82, 2.24) is 9.97 Å². The SMILES string of the molecule is CC(C)C1c2ncncc2CCC1C(C)(C)C. The number of aryl methyl sites for hydroxylation is 1. The molecule has 0 radical (unpaired) electrons. The molecule has 0 N–H and O–H groups in total. The molecule has 0 fully saturated rings. The van der Waals surface area contributed by atoms with E-state index in [0.29, 0.717) is 17.3 Å². The van der Waals surface area contributed by atoms with E-state index in [0.717, 1.165) is 12.3 Å². The maximum absolute atomic E-state index is 4.57. The second kappa shape index (κ2) is 4.40. The van der Waals surface area contributed by atoms with Crippen molar-refractivity contribution in [1.29, 1.82) is 0 Å². The molecular weight excluding hydrogens is 208 g/mol. The van der Waals surface area contributed by atoms with Crippen LogP contribution in [-0.2, 0) is 6.42 Å². The number of hydrogen-bond acceptors (Lipinski definition) is 2. The summed E-state index contributed by atoms with van der Waals surface area (Å²) in [5, 5.41) is 0. The van der Waals surface area contributed by atoms with E-state index in [9.17, 15) is 0 Å². The van der Waals surface area contributed by atoms with E-state index in [4.69, 9.17) is 0 Å². The lowest BCUT2D eigenvalue weighted by Gasteiger charge is -2.42. The zero-order valence-electron chi connectivity index (χ0n) is 11.7. The molecule has 2 heteroatoms. The van der Waals surface area contributed by atoms with Gasteiger partial charge < -0.3 is 0 Å². The van der Waals surface area contributed by atoms with E-state index >= 15 is 0 Å². The summed E-state index contributed by atoms with van der Waals surface area (Å²) in [4.78, 5) is 8.74. The lowest BCUT2D eigenvalue weighted by molar-refractivity contribution is 0.147. The van der Waals surface area contributed by atoms with Crippen molar-refractivity contribution in [2.45, 2.75) is 53.4 Å². The third-order valence-electron chi connectivity index (χ3n) is 4.13. The topological polar surface area (TPSA) is 25.8 Å². The number of nitrogens with zero attached hydrogens (tertiary/aromatic N) is 2. The van der Waals surface area contributed by atoms with Crippen LogP contribution in [-0.4, -0.2) is 9.97 Å². The van der Waals surface area contributed by atoms with Crippen molar-refractivity contribution >= 4 is 0 Å². The molecular formula is C15H24N2. The van der Waals surface area contributed by atoms with Gasteiger partial charge in [-0.3, -0.25) is 0 Å². The first kappa shape index (κ1) is 12.5. The third-order valence-corrected chi connectivity index (χ3v) is 4.13. The van der Waals surface area contributed by atoms with Gasteiger partial charge in [0.15, 0.2) is 0 Å². The summed E-state index contributed by atoms with van der Waals surface area (Å²) in [6.45, 7) is 11.7. The maximum Gasteiger partial charge on any atom is 0.115 e. The smallest absolute Gasteiger partial charge is 0.115 e. The van der Waals surface area contributed by atoms with Gasteiger partial charge in [-0.25, -0.2) is 9.97 Å². The van der Waals surface area contributed by atoms with Crippen LogP contribution in [0, 0.1) is 17.3 Å². The molecule has 1 aliphatic carbocycles. The molecule has 0 saturated carbocycles. The van der Waals surface area contributed by atoms with Gasteiger partial charge in [0, 0.05) is 12.1 Å². The summed E-state index contributed by atoms with van der Waals surface area (Å²) in [6.07, 6.45) is 6.13. The zero-order valence-corrected chi connectivity index (χ0v) is 11.7. The Morgan fingerprint density at radius 3 is 2.59 bits per heavy atom. The quantitative estimate of drug-likeness (QED) is 0.735. The summed E-state index contributed by atoms with van der Waals surface area (Å²) in [5.41, 5.74) is 3.03. The first-order valence-electron chi connectivity index (χ1n) is 6.70. The Morgan fingerprint density at radius 1 is 1.29 bits per heavy atom. The molecule has 1 aliphatic rings. The summed E-state index contributed by atoms with van der Waals surface area (Å²) in [6, 6.07) is 0. The Bertz CT molecular complexity index is 390. The van der Waals surface area contributed by atoms with Crippen LogP contribution >= 0.6 is 0 Å². The standard InChI is InChI=1S/C15H24N2/c1-10(2)13-12(15(3,4)5)7-6-11-8-16-9-17-14(11)13/h8-10,12-13H,6-7H2,1-5H3.